The van der Waals surface area contributed by atoms with Crippen molar-refractivity contribution in [3.8, 4) is 11.1 Å². The van der Waals surface area contributed by atoms with Crippen LogP contribution in [0, 0.1) is 5.92 Å². The summed E-state index contributed by atoms with van der Waals surface area (Å²) >= 11 is 5.95. The van der Waals surface area contributed by atoms with E-state index in [0.29, 0.717) is 42.2 Å². The van der Waals surface area contributed by atoms with Gasteiger partial charge in [-0.1, -0.05) is 23.7 Å². The van der Waals surface area contributed by atoms with E-state index in [2.05, 4.69) is 4.98 Å². The number of benzene rings is 1. The Kier molecular flexibility index (Phi) is 5.24. The molecule has 0 radical (unpaired) electrons. The number of Topliss-reactive ketones (excluding diaryl/α,β-unsaturated/α-hetero) is 2. The molecular formula is C21H19ClN2O4. The van der Waals surface area contributed by atoms with E-state index in [4.69, 9.17) is 16.3 Å². The number of halogens is 1. The summed E-state index contributed by atoms with van der Waals surface area (Å²) in [5.41, 5.74) is 1.78. The van der Waals surface area contributed by atoms with Crippen molar-refractivity contribution in [3.05, 3.63) is 53.3 Å². The first-order valence-electron chi connectivity index (χ1n) is 9.23. The van der Waals surface area contributed by atoms with Gasteiger partial charge < -0.3 is 9.64 Å². The number of amides is 1. The molecule has 4 rings (SSSR count). The molecule has 0 aliphatic carbocycles. The predicted octanol–water partition coefficient (Wildman–Crippen LogP) is 2.79. The number of likely N-dealkylation sites (tertiary alicyclic amines) is 1. The van der Waals surface area contributed by atoms with Crippen LogP contribution in [0.1, 0.15) is 23.2 Å². The van der Waals surface area contributed by atoms with Crippen molar-refractivity contribution < 1.29 is 19.1 Å². The smallest absolute Gasteiger partial charge is 0.291 e. The lowest BCUT2D eigenvalue weighted by molar-refractivity contribution is -0.142. The van der Waals surface area contributed by atoms with Crippen LogP contribution in [0.3, 0.4) is 0 Å². The molecule has 28 heavy (non-hydrogen) atoms. The van der Waals surface area contributed by atoms with Crippen LogP contribution in [0.15, 0.2) is 42.7 Å². The molecule has 2 aromatic rings. The molecule has 1 atom stereocenters. The first-order chi connectivity index (χ1) is 13.6. The summed E-state index contributed by atoms with van der Waals surface area (Å²) in [5.74, 6) is -2.52. The van der Waals surface area contributed by atoms with Crippen LogP contribution in [0.4, 0.5) is 0 Å². The summed E-state index contributed by atoms with van der Waals surface area (Å²) in [6, 6.07) is 8.61. The second-order valence-electron chi connectivity index (χ2n) is 7.01. The van der Waals surface area contributed by atoms with Gasteiger partial charge in [-0.3, -0.25) is 19.4 Å². The normalized spacial score (nSPS) is 20.6. The molecule has 2 aliphatic rings. The van der Waals surface area contributed by atoms with Crippen molar-refractivity contribution in [3.63, 3.8) is 0 Å². The fourth-order valence-electron chi connectivity index (χ4n) is 3.82. The fourth-order valence-corrected chi connectivity index (χ4v) is 3.95. The highest BCUT2D eigenvalue weighted by atomic mass is 35.5. The number of ether oxygens (including phenoxy) is 1. The summed E-state index contributed by atoms with van der Waals surface area (Å²) in [4.78, 5) is 44.0. The first-order valence-corrected chi connectivity index (χ1v) is 9.61. The maximum absolute atomic E-state index is 13.2. The van der Waals surface area contributed by atoms with Crippen molar-refractivity contribution in [1.82, 2.24) is 9.88 Å². The van der Waals surface area contributed by atoms with Gasteiger partial charge in [-0.2, -0.15) is 0 Å². The Labute approximate surface area is 167 Å². The molecule has 6 nitrogen and oxygen atoms in total. The largest absolute Gasteiger partial charge is 0.381 e. The average Bonchev–Trinajstić information content (AvgIpc) is 3.03. The third-order valence-electron chi connectivity index (χ3n) is 5.36. The zero-order chi connectivity index (χ0) is 19.7. The Morgan fingerprint density at radius 3 is 2.54 bits per heavy atom. The quantitative estimate of drug-likeness (QED) is 0.449. The number of aromatic nitrogens is 1. The van der Waals surface area contributed by atoms with Crippen LogP contribution in [-0.4, -0.2) is 53.2 Å². The number of carbonyl (C=O) groups is 3. The number of hydrogen-bond acceptors (Lipinski definition) is 5. The molecule has 0 spiro atoms. The van der Waals surface area contributed by atoms with E-state index < -0.39 is 17.6 Å². The second kappa shape index (κ2) is 7.81. The molecule has 7 heteroatoms. The van der Waals surface area contributed by atoms with Gasteiger partial charge in [0.05, 0.1) is 0 Å². The Morgan fingerprint density at radius 1 is 1.11 bits per heavy atom. The number of nitrogens with zero attached hydrogens (tertiary/aromatic N) is 2. The van der Waals surface area contributed by atoms with Crippen molar-refractivity contribution >= 4 is 29.1 Å². The minimum absolute atomic E-state index is 0.0452. The van der Waals surface area contributed by atoms with E-state index in [1.807, 2.05) is 0 Å². The molecule has 144 valence electrons. The van der Waals surface area contributed by atoms with E-state index in [0.717, 1.165) is 5.56 Å². The summed E-state index contributed by atoms with van der Waals surface area (Å²) < 4.78 is 5.33. The van der Waals surface area contributed by atoms with E-state index in [1.165, 1.54) is 6.20 Å². The number of hydrogen-bond donors (Lipinski definition) is 0. The molecule has 1 aromatic heterocycles. The van der Waals surface area contributed by atoms with Crippen molar-refractivity contribution in [1.29, 1.82) is 0 Å². The predicted molar refractivity (Wildman–Crippen MR) is 103 cm³/mol. The average molecular weight is 399 g/mol. The van der Waals surface area contributed by atoms with Crippen molar-refractivity contribution in [2.24, 2.45) is 5.92 Å². The van der Waals surface area contributed by atoms with Crippen LogP contribution in [0.2, 0.25) is 5.02 Å². The molecule has 2 fully saturated rings. The number of carbonyl (C=O) groups excluding carboxylic acids is 3. The number of rotatable bonds is 4. The van der Waals surface area contributed by atoms with Gasteiger partial charge in [0.2, 0.25) is 5.78 Å². The van der Waals surface area contributed by atoms with Gasteiger partial charge in [-0.15, -0.1) is 0 Å². The zero-order valence-corrected chi connectivity index (χ0v) is 15.9. The van der Waals surface area contributed by atoms with Crippen LogP contribution in [0.25, 0.3) is 11.1 Å². The Morgan fingerprint density at radius 2 is 1.82 bits per heavy atom. The van der Waals surface area contributed by atoms with Crippen LogP contribution in [-0.2, 0) is 14.3 Å². The SMILES string of the molecule is O=C1C(=O)N(C2CCOCC2)C[C@@H]1C(=O)c1ccncc1-c1ccc(Cl)cc1. The Hall–Kier alpha value is -2.57. The molecule has 2 saturated heterocycles. The van der Waals surface area contributed by atoms with Crippen molar-refractivity contribution in [2.45, 2.75) is 18.9 Å². The summed E-state index contributed by atoms with van der Waals surface area (Å²) in [6.07, 6.45) is 4.48. The summed E-state index contributed by atoms with van der Waals surface area (Å²) in [5, 5.41) is 0.587. The molecule has 1 amide bonds. The minimum Gasteiger partial charge on any atom is -0.381 e. The van der Waals surface area contributed by atoms with Gasteiger partial charge in [0.1, 0.15) is 5.92 Å². The standard InChI is InChI=1S/C21H19ClN2O4/c22-14-3-1-13(2-4-14)17-11-23-8-5-16(17)19(25)18-12-24(21(27)20(18)26)15-6-9-28-10-7-15/h1-5,8,11,15,18H,6-7,9-10,12H2/t18-/m1/s1. The van der Waals surface area contributed by atoms with Gasteiger partial charge in [-0.05, 0) is 36.6 Å². The molecule has 0 N–H and O–H groups in total. The summed E-state index contributed by atoms with van der Waals surface area (Å²) in [7, 11) is 0. The number of pyridine rings is 1. The van der Waals surface area contributed by atoms with Crippen LogP contribution in [0.5, 0.6) is 0 Å². The lowest BCUT2D eigenvalue weighted by Gasteiger charge is -2.30. The molecular weight excluding hydrogens is 380 g/mol. The third kappa shape index (κ3) is 3.45. The molecule has 0 saturated carbocycles. The van der Waals surface area contributed by atoms with Crippen LogP contribution < -0.4 is 0 Å². The lowest BCUT2D eigenvalue weighted by atomic mass is 9.91. The topological polar surface area (TPSA) is 76.6 Å². The molecule has 1 aromatic carbocycles. The third-order valence-corrected chi connectivity index (χ3v) is 5.61. The highest BCUT2D eigenvalue weighted by Crippen LogP contribution is 2.30. The van der Waals surface area contributed by atoms with Gasteiger partial charge in [0.15, 0.2) is 5.78 Å². The van der Waals surface area contributed by atoms with E-state index >= 15 is 0 Å². The Bertz CT molecular complexity index is 922. The van der Waals surface area contributed by atoms with Crippen molar-refractivity contribution in [2.75, 3.05) is 19.8 Å². The van der Waals surface area contributed by atoms with Gasteiger partial charge in [-0.25, -0.2) is 0 Å². The maximum Gasteiger partial charge on any atom is 0.291 e. The maximum atomic E-state index is 13.2. The van der Waals surface area contributed by atoms with Gasteiger partial charge in [0, 0.05) is 54.3 Å². The second-order valence-corrected chi connectivity index (χ2v) is 7.45. The zero-order valence-electron chi connectivity index (χ0n) is 15.1. The minimum atomic E-state index is -0.983. The van der Waals surface area contributed by atoms with E-state index in [-0.39, 0.29) is 18.4 Å². The lowest BCUT2D eigenvalue weighted by Crippen LogP contribution is -2.41. The monoisotopic (exact) mass is 398 g/mol. The molecule has 3 heterocycles. The molecule has 2 aliphatic heterocycles. The van der Waals surface area contributed by atoms with Gasteiger partial charge >= 0.3 is 0 Å². The van der Waals surface area contributed by atoms with E-state index in [9.17, 15) is 14.4 Å². The fraction of sp³-hybridized carbons (Fsp3) is 0.333. The molecule has 0 unspecified atom stereocenters. The number of ketones is 2. The van der Waals surface area contributed by atoms with Crippen LogP contribution >= 0.6 is 11.6 Å². The highest BCUT2D eigenvalue weighted by molar-refractivity contribution is 6.43. The van der Waals surface area contributed by atoms with Gasteiger partial charge in [0.25, 0.3) is 5.91 Å². The Balaban J connectivity index is 1.62. The van der Waals surface area contributed by atoms with E-state index in [1.54, 1.807) is 41.4 Å². The summed E-state index contributed by atoms with van der Waals surface area (Å²) in [6.45, 7) is 1.25. The highest BCUT2D eigenvalue weighted by Gasteiger charge is 2.46. The first kappa shape index (κ1) is 18.8. The molecule has 0 bridgehead atoms.